The first-order chi connectivity index (χ1) is 17.5. The Morgan fingerprint density at radius 1 is 0.861 bits per heavy atom. The standard InChI is InChI=1S/C27H26N2O6S/c1-2-34-27(33)23-19-13-7-9-15-21(19)36-25(23)29-22(30)16-35-26(32)18-12-6-8-14-20(18)28-24(31)17-10-4-3-5-11-17/h3-6,8,10-12,14H,2,7,9,13,15-16H2,1H3,(H,28,31)(H,29,30). The summed E-state index contributed by atoms with van der Waals surface area (Å²) in [6.07, 6.45) is 3.61. The molecule has 0 saturated carbocycles. The van der Waals surface area contributed by atoms with Crippen LogP contribution in [0.2, 0.25) is 0 Å². The zero-order valence-corrected chi connectivity index (χ0v) is 20.6. The number of amides is 2. The summed E-state index contributed by atoms with van der Waals surface area (Å²) in [5.41, 5.74) is 2.15. The quantitative estimate of drug-likeness (QED) is 0.423. The van der Waals surface area contributed by atoms with E-state index in [1.165, 1.54) is 17.4 Å². The molecule has 0 aliphatic heterocycles. The number of hydrogen-bond donors (Lipinski definition) is 2. The molecule has 0 fully saturated rings. The Kier molecular flexibility index (Phi) is 8.12. The van der Waals surface area contributed by atoms with Gasteiger partial charge in [0.1, 0.15) is 5.00 Å². The van der Waals surface area contributed by atoms with Crippen molar-refractivity contribution >= 4 is 45.8 Å². The maximum Gasteiger partial charge on any atom is 0.341 e. The third-order valence-corrected chi connectivity index (χ3v) is 6.88. The SMILES string of the molecule is CCOC(=O)c1c(NC(=O)COC(=O)c2ccccc2NC(=O)c2ccccc2)sc2c1CCCC2. The number of ether oxygens (including phenoxy) is 2. The van der Waals surface area contributed by atoms with Crippen LogP contribution in [0.25, 0.3) is 0 Å². The fourth-order valence-electron chi connectivity index (χ4n) is 4.00. The van der Waals surface area contributed by atoms with E-state index in [0.717, 1.165) is 36.1 Å². The predicted molar refractivity (Wildman–Crippen MR) is 137 cm³/mol. The molecule has 8 nitrogen and oxygen atoms in total. The van der Waals surface area contributed by atoms with E-state index in [9.17, 15) is 19.2 Å². The normalized spacial score (nSPS) is 12.2. The lowest BCUT2D eigenvalue weighted by molar-refractivity contribution is -0.119. The molecule has 0 saturated heterocycles. The van der Waals surface area contributed by atoms with E-state index in [2.05, 4.69) is 10.6 Å². The van der Waals surface area contributed by atoms with Crippen LogP contribution in [0.1, 0.15) is 61.3 Å². The molecule has 3 aromatic rings. The van der Waals surface area contributed by atoms with Crippen LogP contribution in [0, 0.1) is 0 Å². The molecular weight excluding hydrogens is 480 g/mol. The Hall–Kier alpha value is -3.98. The highest BCUT2D eigenvalue weighted by molar-refractivity contribution is 7.17. The van der Waals surface area contributed by atoms with Crippen molar-refractivity contribution in [2.24, 2.45) is 0 Å². The van der Waals surface area contributed by atoms with Gasteiger partial charge in [0.05, 0.1) is 23.4 Å². The lowest BCUT2D eigenvalue weighted by Crippen LogP contribution is -2.23. The second-order valence-electron chi connectivity index (χ2n) is 8.13. The van der Waals surface area contributed by atoms with Gasteiger partial charge in [-0.3, -0.25) is 9.59 Å². The monoisotopic (exact) mass is 506 g/mol. The molecular formula is C27H26N2O6S. The Morgan fingerprint density at radius 3 is 2.36 bits per heavy atom. The van der Waals surface area contributed by atoms with E-state index in [0.29, 0.717) is 16.1 Å². The molecule has 0 bridgehead atoms. The molecule has 0 radical (unpaired) electrons. The molecule has 4 rings (SSSR count). The van der Waals surface area contributed by atoms with Gasteiger partial charge in [-0.15, -0.1) is 11.3 Å². The van der Waals surface area contributed by atoms with Crippen molar-refractivity contribution in [3.05, 3.63) is 81.7 Å². The van der Waals surface area contributed by atoms with Gasteiger partial charge >= 0.3 is 11.9 Å². The zero-order valence-electron chi connectivity index (χ0n) is 19.8. The average molecular weight is 507 g/mol. The molecule has 9 heteroatoms. The molecule has 1 aromatic heterocycles. The number of aryl methyl sites for hydroxylation is 1. The number of nitrogens with one attached hydrogen (secondary N) is 2. The van der Waals surface area contributed by atoms with Crippen molar-refractivity contribution in [1.82, 2.24) is 0 Å². The van der Waals surface area contributed by atoms with E-state index < -0.39 is 24.5 Å². The lowest BCUT2D eigenvalue weighted by atomic mass is 9.95. The summed E-state index contributed by atoms with van der Waals surface area (Å²) in [6.45, 7) is 1.41. The molecule has 36 heavy (non-hydrogen) atoms. The first-order valence-electron chi connectivity index (χ1n) is 11.7. The van der Waals surface area contributed by atoms with Crippen molar-refractivity contribution in [3.63, 3.8) is 0 Å². The van der Waals surface area contributed by atoms with Crippen LogP contribution < -0.4 is 10.6 Å². The van der Waals surface area contributed by atoms with Gasteiger partial charge in [-0.2, -0.15) is 0 Å². The summed E-state index contributed by atoms with van der Waals surface area (Å²) in [5, 5.41) is 5.83. The van der Waals surface area contributed by atoms with Crippen LogP contribution in [0.4, 0.5) is 10.7 Å². The summed E-state index contributed by atoms with van der Waals surface area (Å²) in [7, 11) is 0. The minimum atomic E-state index is -0.759. The van der Waals surface area contributed by atoms with Crippen molar-refractivity contribution in [3.8, 4) is 0 Å². The van der Waals surface area contributed by atoms with Crippen molar-refractivity contribution in [1.29, 1.82) is 0 Å². The van der Waals surface area contributed by atoms with Crippen LogP contribution >= 0.6 is 11.3 Å². The molecule has 186 valence electrons. The minimum absolute atomic E-state index is 0.119. The molecule has 2 N–H and O–H groups in total. The van der Waals surface area contributed by atoms with Gasteiger partial charge in [0.2, 0.25) is 0 Å². The lowest BCUT2D eigenvalue weighted by Gasteiger charge is -2.12. The number of benzene rings is 2. The molecule has 2 aromatic carbocycles. The first kappa shape index (κ1) is 25.1. The molecule has 1 heterocycles. The Labute approximate surface area is 212 Å². The van der Waals surface area contributed by atoms with E-state index >= 15 is 0 Å². The van der Waals surface area contributed by atoms with E-state index in [1.807, 2.05) is 0 Å². The van der Waals surface area contributed by atoms with Gasteiger partial charge in [0, 0.05) is 10.4 Å². The third-order valence-electron chi connectivity index (χ3n) is 5.67. The van der Waals surface area contributed by atoms with E-state index in [-0.39, 0.29) is 23.8 Å². The van der Waals surface area contributed by atoms with E-state index in [4.69, 9.17) is 9.47 Å². The second-order valence-corrected chi connectivity index (χ2v) is 9.23. The number of para-hydroxylation sites is 1. The number of rotatable bonds is 8. The molecule has 0 spiro atoms. The van der Waals surface area contributed by atoms with Crippen molar-refractivity contribution in [2.75, 3.05) is 23.8 Å². The summed E-state index contributed by atoms with van der Waals surface area (Å²) in [6, 6.07) is 15.0. The maximum absolute atomic E-state index is 12.7. The molecule has 1 aliphatic rings. The minimum Gasteiger partial charge on any atom is -0.462 e. The second kappa shape index (κ2) is 11.6. The Morgan fingerprint density at radius 2 is 1.58 bits per heavy atom. The van der Waals surface area contributed by atoms with Crippen molar-refractivity contribution in [2.45, 2.75) is 32.6 Å². The fraction of sp³-hybridized carbons (Fsp3) is 0.259. The number of esters is 2. The van der Waals surface area contributed by atoms with Gasteiger partial charge in [-0.05, 0) is 62.4 Å². The third kappa shape index (κ3) is 5.80. The van der Waals surface area contributed by atoms with Gasteiger partial charge in [0.15, 0.2) is 6.61 Å². The van der Waals surface area contributed by atoms with Gasteiger partial charge in [-0.25, -0.2) is 9.59 Å². The topological polar surface area (TPSA) is 111 Å². The number of fused-ring (bicyclic) bond motifs is 1. The number of carbonyl (C=O) groups is 4. The Balaban J connectivity index is 1.42. The number of anilines is 2. The summed E-state index contributed by atoms with van der Waals surface area (Å²) in [5.74, 6) is -2.17. The number of hydrogen-bond acceptors (Lipinski definition) is 7. The molecule has 1 aliphatic carbocycles. The van der Waals surface area contributed by atoms with Gasteiger partial charge in [0.25, 0.3) is 11.8 Å². The zero-order chi connectivity index (χ0) is 25.5. The first-order valence-corrected chi connectivity index (χ1v) is 12.5. The highest BCUT2D eigenvalue weighted by atomic mass is 32.1. The van der Waals surface area contributed by atoms with Crippen LogP contribution in [0.15, 0.2) is 54.6 Å². The number of thiophene rings is 1. The highest BCUT2D eigenvalue weighted by Gasteiger charge is 2.27. The molecule has 0 unspecified atom stereocenters. The summed E-state index contributed by atoms with van der Waals surface area (Å²) < 4.78 is 10.4. The van der Waals surface area contributed by atoms with Crippen molar-refractivity contribution < 1.29 is 28.7 Å². The maximum atomic E-state index is 12.7. The average Bonchev–Trinajstić information content (AvgIpc) is 3.26. The largest absolute Gasteiger partial charge is 0.462 e. The van der Waals surface area contributed by atoms with Crippen LogP contribution in [-0.4, -0.2) is 37.0 Å². The predicted octanol–water partition coefficient (Wildman–Crippen LogP) is 4.85. The molecule has 2 amide bonds. The van der Waals surface area contributed by atoms with Gasteiger partial charge < -0.3 is 20.1 Å². The highest BCUT2D eigenvalue weighted by Crippen LogP contribution is 2.38. The fourth-order valence-corrected chi connectivity index (χ4v) is 5.29. The summed E-state index contributed by atoms with van der Waals surface area (Å²) >= 11 is 1.36. The number of carbonyl (C=O) groups excluding carboxylic acids is 4. The van der Waals surface area contributed by atoms with E-state index in [1.54, 1.807) is 55.5 Å². The Bertz CT molecular complexity index is 1280. The van der Waals surface area contributed by atoms with Crippen LogP contribution in [0.5, 0.6) is 0 Å². The van der Waals surface area contributed by atoms with Gasteiger partial charge in [-0.1, -0.05) is 30.3 Å². The van der Waals surface area contributed by atoms with Crippen LogP contribution in [0.3, 0.4) is 0 Å². The van der Waals surface area contributed by atoms with Crippen LogP contribution in [-0.2, 0) is 27.1 Å². The summed E-state index contributed by atoms with van der Waals surface area (Å²) in [4.78, 5) is 51.5. The molecule has 0 atom stereocenters. The smallest absolute Gasteiger partial charge is 0.341 e.